The number of hydrogen-bond acceptors (Lipinski definition) is 4. The predicted octanol–water partition coefficient (Wildman–Crippen LogP) is 0.0754. The van der Waals surface area contributed by atoms with Crippen molar-refractivity contribution < 1.29 is 0 Å². The Labute approximate surface area is 130 Å². The first-order valence-corrected chi connectivity index (χ1v) is 7.49. The minimum atomic E-state index is -0.362. The maximum Gasteiger partial charge on any atom is 0.331 e. The Balaban J connectivity index is 2.46. The normalized spacial score (nSPS) is 11.0. The van der Waals surface area contributed by atoms with Gasteiger partial charge < -0.3 is 5.73 Å². The molecule has 0 saturated carbocycles. The molecule has 2 rings (SSSR count). The van der Waals surface area contributed by atoms with Crippen LogP contribution >= 0.6 is 15.9 Å². The van der Waals surface area contributed by atoms with E-state index in [1.54, 1.807) is 4.68 Å². The van der Waals surface area contributed by atoms with Gasteiger partial charge in [-0.3, -0.25) is 18.6 Å². The van der Waals surface area contributed by atoms with Gasteiger partial charge in [0, 0.05) is 32.4 Å². The number of halogens is 1. The summed E-state index contributed by atoms with van der Waals surface area (Å²) in [6.07, 6.45) is 2.30. The number of rotatable bonds is 5. The molecule has 114 valence electrons. The Hall–Kier alpha value is -1.67. The molecule has 8 heteroatoms. The van der Waals surface area contributed by atoms with Gasteiger partial charge in [-0.05, 0) is 22.4 Å². The summed E-state index contributed by atoms with van der Waals surface area (Å²) in [5, 5.41) is 4.40. The molecule has 2 aromatic heterocycles. The van der Waals surface area contributed by atoms with E-state index in [-0.39, 0.29) is 24.3 Å². The number of nitrogens with two attached hydrogens (primary N) is 1. The van der Waals surface area contributed by atoms with Gasteiger partial charge in [0.15, 0.2) is 0 Å². The molecular formula is C13H18BrN5O2. The van der Waals surface area contributed by atoms with Gasteiger partial charge in [-0.25, -0.2) is 4.79 Å². The Morgan fingerprint density at radius 1 is 1.38 bits per heavy atom. The highest BCUT2D eigenvalue weighted by atomic mass is 79.9. The molecule has 2 heterocycles. The van der Waals surface area contributed by atoms with Gasteiger partial charge >= 0.3 is 5.69 Å². The fourth-order valence-corrected chi connectivity index (χ4v) is 2.91. The van der Waals surface area contributed by atoms with E-state index in [0.29, 0.717) is 6.54 Å². The molecule has 0 amide bonds. The zero-order valence-electron chi connectivity index (χ0n) is 12.0. The first kappa shape index (κ1) is 15.7. The molecule has 0 aromatic carbocycles. The van der Waals surface area contributed by atoms with E-state index in [1.165, 1.54) is 16.8 Å². The molecule has 0 saturated heterocycles. The Morgan fingerprint density at radius 2 is 2.10 bits per heavy atom. The molecule has 2 aromatic rings. The predicted molar refractivity (Wildman–Crippen MR) is 83.4 cm³/mol. The van der Waals surface area contributed by atoms with Gasteiger partial charge in [0.25, 0.3) is 5.56 Å². The lowest BCUT2D eigenvalue weighted by atomic mass is 10.3. The third kappa shape index (κ3) is 3.01. The first-order valence-electron chi connectivity index (χ1n) is 6.70. The SMILES string of the molecule is CCc1nn(C)c(Cn2ccc(=O)n(CCN)c2=O)c1Br. The van der Waals surface area contributed by atoms with Crippen molar-refractivity contribution in [1.29, 1.82) is 0 Å². The van der Waals surface area contributed by atoms with Crippen LogP contribution in [-0.2, 0) is 26.6 Å². The fraction of sp³-hybridized carbons (Fsp3) is 0.462. The Morgan fingerprint density at radius 3 is 2.67 bits per heavy atom. The van der Waals surface area contributed by atoms with Crippen molar-refractivity contribution in [3.63, 3.8) is 0 Å². The average molecular weight is 356 g/mol. The van der Waals surface area contributed by atoms with Crippen molar-refractivity contribution in [1.82, 2.24) is 18.9 Å². The van der Waals surface area contributed by atoms with Gasteiger partial charge in [0.05, 0.1) is 22.4 Å². The minimum Gasteiger partial charge on any atom is -0.329 e. The van der Waals surface area contributed by atoms with Gasteiger partial charge in [-0.2, -0.15) is 5.10 Å². The molecule has 0 aliphatic heterocycles. The standard InChI is InChI=1S/C13H18BrN5O2/c1-3-9-12(14)10(17(2)16-9)8-18-6-4-11(20)19(7-5-15)13(18)21/h4,6H,3,5,7-8,15H2,1-2H3. The molecular weight excluding hydrogens is 338 g/mol. The van der Waals surface area contributed by atoms with Crippen molar-refractivity contribution >= 4 is 15.9 Å². The van der Waals surface area contributed by atoms with E-state index in [9.17, 15) is 9.59 Å². The third-order valence-corrected chi connectivity index (χ3v) is 4.23. The van der Waals surface area contributed by atoms with Crippen LogP contribution in [0.5, 0.6) is 0 Å². The van der Waals surface area contributed by atoms with Crippen molar-refractivity contribution in [3.05, 3.63) is 49.0 Å². The van der Waals surface area contributed by atoms with Crippen LogP contribution in [0.4, 0.5) is 0 Å². The summed E-state index contributed by atoms with van der Waals surface area (Å²) in [4.78, 5) is 24.0. The largest absolute Gasteiger partial charge is 0.331 e. The lowest BCUT2D eigenvalue weighted by Gasteiger charge is -2.09. The number of nitrogens with zero attached hydrogens (tertiary/aromatic N) is 4. The van der Waals surface area contributed by atoms with Crippen LogP contribution < -0.4 is 17.0 Å². The topological polar surface area (TPSA) is 87.8 Å². The number of aromatic nitrogens is 4. The summed E-state index contributed by atoms with van der Waals surface area (Å²) < 4.78 is 5.27. The summed E-state index contributed by atoms with van der Waals surface area (Å²) in [6, 6.07) is 1.38. The summed E-state index contributed by atoms with van der Waals surface area (Å²) in [7, 11) is 1.83. The van der Waals surface area contributed by atoms with Crippen molar-refractivity contribution in [2.24, 2.45) is 12.8 Å². The molecule has 21 heavy (non-hydrogen) atoms. The van der Waals surface area contributed by atoms with Crippen LogP contribution in [0.15, 0.2) is 26.3 Å². The van der Waals surface area contributed by atoms with Crippen LogP contribution in [0, 0.1) is 0 Å². The van der Waals surface area contributed by atoms with Crippen LogP contribution in [0.3, 0.4) is 0 Å². The van der Waals surface area contributed by atoms with Gasteiger partial charge in [0.2, 0.25) is 0 Å². The summed E-state index contributed by atoms with van der Waals surface area (Å²) in [5.74, 6) is 0. The van der Waals surface area contributed by atoms with Crippen LogP contribution in [0.1, 0.15) is 18.3 Å². The van der Waals surface area contributed by atoms with Gasteiger partial charge in [-0.15, -0.1) is 0 Å². The minimum absolute atomic E-state index is 0.214. The molecule has 2 N–H and O–H groups in total. The van der Waals surface area contributed by atoms with E-state index in [0.717, 1.165) is 26.8 Å². The average Bonchev–Trinajstić information content (AvgIpc) is 2.73. The zero-order valence-corrected chi connectivity index (χ0v) is 13.6. The summed E-state index contributed by atoms with van der Waals surface area (Å²) >= 11 is 3.52. The smallest absolute Gasteiger partial charge is 0.329 e. The molecule has 0 fully saturated rings. The van der Waals surface area contributed by atoms with Crippen LogP contribution in [0.25, 0.3) is 0 Å². The molecule has 0 atom stereocenters. The second-order valence-electron chi connectivity index (χ2n) is 4.69. The molecule has 7 nitrogen and oxygen atoms in total. The van der Waals surface area contributed by atoms with Crippen molar-refractivity contribution in [2.45, 2.75) is 26.4 Å². The lowest BCUT2D eigenvalue weighted by molar-refractivity contribution is 0.563. The number of aryl methyl sites for hydroxylation is 2. The van der Waals surface area contributed by atoms with Crippen LogP contribution in [-0.4, -0.2) is 25.5 Å². The fourth-order valence-electron chi connectivity index (χ4n) is 2.16. The lowest BCUT2D eigenvalue weighted by Crippen LogP contribution is -2.40. The second kappa shape index (κ2) is 6.40. The third-order valence-electron chi connectivity index (χ3n) is 3.32. The van der Waals surface area contributed by atoms with Crippen molar-refractivity contribution in [2.75, 3.05) is 6.54 Å². The van der Waals surface area contributed by atoms with Crippen LogP contribution in [0.2, 0.25) is 0 Å². The maximum atomic E-state index is 12.3. The van der Waals surface area contributed by atoms with E-state index in [1.807, 2.05) is 14.0 Å². The Bertz CT molecular complexity index is 759. The highest BCUT2D eigenvalue weighted by Crippen LogP contribution is 2.21. The second-order valence-corrected chi connectivity index (χ2v) is 5.48. The quantitative estimate of drug-likeness (QED) is 0.822. The van der Waals surface area contributed by atoms with E-state index in [2.05, 4.69) is 21.0 Å². The maximum absolute atomic E-state index is 12.3. The van der Waals surface area contributed by atoms with Gasteiger partial charge in [0.1, 0.15) is 0 Å². The zero-order chi connectivity index (χ0) is 15.6. The van der Waals surface area contributed by atoms with Gasteiger partial charge in [-0.1, -0.05) is 6.92 Å². The molecule has 0 aliphatic rings. The van der Waals surface area contributed by atoms with E-state index in [4.69, 9.17) is 5.73 Å². The molecule has 0 unspecified atom stereocenters. The van der Waals surface area contributed by atoms with E-state index >= 15 is 0 Å². The monoisotopic (exact) mass is 355 g/mol. The van der Waals surface area contributed by atoms with Crippen molar-refractivity contribution in [3.8, 4) is 0 Å². The summed E-state index contributed by atoms with van der Waals surface area (Å²) in [6.45, 7) is 2.82. The molecule has 0 spiro atoms. The Kier molecular flexibility index (Phi) is 4.79. The van der Waals surface area contributed by atoms with E-state index < -0.39 is 0 Å². The highest BCUT2D eigenvalue weighted by molar-refractivity contribution is 9.10. The molecule has 0 radical (unpaired) electrons. The molecule has 0 bridgehead atoms. The number of hydrogen-bond donors (Lipinski definition) is 1. The highest BCUT2D eigenvalue weighted by Gasteiger charge is 2.14. The molecule has 0 aliphatic carbocycles. The summed E-state index contributed by atoms with van der Waals surface area (Å²) in [5.41, 5.74) is 6.57. The first-order chi connectivity index (χ1) is 9.99.